The Hall–Kier alpha value is -1.39. The topological polar surface area (TPSA) is 59.8 Å². The van der Waals surface area contributed by atoms with Gasteiger partial charge in [0.1, 0.15) is 0 Å². The molecular weight excluding hydrogens is 180 g/mol. The predicted molar refractivity (Wildman–Crippen MR) is 52.6 cm³/mol. The number of aromatic nitrogens is 3. The average molecular weight is 196 g/mol. The first kappa shape index (κ1) is 10.7. The molecule has 1 rings (SSSR count). The van der Waals surface area contributed by atoms with Gasteiger partial charge in [-0.05, 0) is 0 Å². The van der Waals surface area contributed by atoms with E-state index in [4.69, 9.17) is 0 Å². The van der Waals surface area contributed by atoms with Gasteiger partial charge in [0.25, 0.3) is 0 Å². The third-order valence-electron chi connectivity index (χ3n) is 2.50. The average Bonchev–Trinajstić information content (AvgIpc) is 2.61. The van der Waals surface area contributed by atoms with Crippen molar-refractivity contribution in [3.05, 3.63) is 11.9 Å². The number of hydrogen-bond donors (Lipinski definition) is 1. The van der Waals surface area contributed by atoms with Crippen LogP contribution >= 0.6 is 0 Å². The fourth-order valence-corrected chi connectivity index (χ4v) is 1.28. The summed E-state index contributed by atoms with van der Waals surface area (Å²) in [6.07, 6.45) is 1.84. The van der Waals surface area contributed by atoms with E-state index >= 15 is 0 Å². The molecule has 0 aliphatic rings. The molecule has 0 fully saturated rings. The summed E-state index contributed by atoms with van der Waals surface area (Å²) in [5.74, 6) is 0.0310. The van der Waals surface area contributed by atoms with Crippen LogP contribution in [0.4, 0.5) is 0 Å². The second-order valence-corrected chi connectivity index (χ2v) is 3.51. The molecule has 1 aromatic rings. The number of nitrogens with one attached hydrogen (secondary N) is 1. The summed E-state index contributed by atoms with van der Waals surface area (Å²) < 4.78 is 1.64. The number of carbonyl (C=O) groups is 1. The third kappa shape index (κ3) is 2.10. The molecule has 2 atom stereocenters. The van der Waals surface area contributed by atoms with Gasteiger partial charge in [-0.2, -0.15) is 0 Å². The monoisotopic (exact) mass is 196 g/mol. The molecule has 0 saturated carbocycles. The number of hydrogen-bond acceptors (Lipinski definition) is 3. The smallest absolute Gasteiger partial charge is 0.223 e. The SMILES string of the molecule is CNC(=O)C(C)C(C)c1cn(C)nn1. The van der Waals surface area contributed by atoms with Gasteiger partial charge in [-0.15, -0.1) is 5.10 Å². The van der Waals surface area contributed by atoms with E-state index < -0.39 is 0 Å². The Morgan fingerprint density at radius 1 is 1.57 bits per heavy atom. The largest absolute Gasteiger partial charge is 0.359 e. The van der Waals surface area contributed by atoms with Crippen molar-refractivity contribution in [3.8, 4) is 0 Å². The predicted octanol–water partition coefficient (Wildman–Crippen LogP) is 0.301. The summed E-state index contributed by atoms with van der Waals surface area (Å²) in [5, 5.41) is 10.5. The maximum absolute atomic E-state index is 11.4. The Balaban J connectivity index is 2.74. The van der Waals surface area contributed by atoms with Gasteiger partial charge in [-0.25, -0.2) is 0 Å². The van der Waals surface area contributed by atoms with Gasteiger partial charge in [0.15, 0.2) is 0 Å². The highest BCUT2D eigenvalue weighted by Gasteiger charge is 2.22. The van der Waals surface area contributed by atoms with Crippen molar-refractivity contribution in [2.75, 3.05) is 7.05 Å². The van der Waals surface area contributed by atoms with E-state index in [0.717, 1.165) is 5.69 Å². The van der Waals surface area contributed by atoms with Gasteiger partial charge in [0.05, 0.1) is 5.69 Å². The van der Waals surface area contributed by atoms with E-state index in [9.17, 15) is 4.79 Å². The molecule has 14 heavy (non-hydrogen) atoms. The van der Waals surface area contributed by atoms with Gasteiger partial charge in [-0.1, -0.05) is 19.1 Å². The van der Waals surface area contributed by atoms with Crippen LogP contribution in [0.5, 0.6) is 0 Å². The van der Waals surface area contributed by atoms with Crippen LogP contribution in [0.3, 0.4) is 0 Å². The van der Waals surface area contributed by atoms with E-state index in [1.54, 1.807) is 11.7 Å². The highest BCUT2D eigenvalue weighted by Crippen LogP contribution is 2.21. The Bertz CT molecular complexity index is 320. The summed E-state index contributed by atoms with van der Waals surface area (Å²) in [6.45, 7) is 3.86. The summed E-state index contributed by atoms with van der Waals surface area (Å²) in [7, 11) is 3.45. The second-order valence-electron chi connectivity index (χ2n) is 3.51. The Kier molecular flexibility index (Phi) is 3.22. The molecule has 0 spiro atoms. The molecular formula is C9H16N4O. The third-order valence-corrected chi connectivity index (χ3v) is 2.50. The second kappa shape index (κ2) is 4.21. The van der Waals surface area contributed by atoms with E-state index in [2.05, 4.69) is 15.6 Å². The Morgan fingerprint density at radius 2 is 2.21 bits per heavy atom. The molecule has 0 saturated heterocycles. The fourth-order valence-electron chi connectivity index (χ4n) is 1.28. The standard InChI is InChI=1S/C9H16N4O/c1-6(7(2)9(14)10-3)8-5-13(4)12-11-8/h5-7H,1-4H3,(H,10,14). The van der Waals surface area contributed by atoms with Crippen molar-refractivity contribution in [1.82, 2.24) is 20.3 Å². The van der Waals surface area contributed by atoms with E-state index in [1.165, 1.54) is 0 Å². The number of nitrogens with zero attached hydrogens (tertiary/aromatic N) is 3. The molecule has 0 aromatic carbocycles. The van der Waals surface area contributed by atoms with Crippen molar-refractivity contribution in [1.29, 1.82) is 0 Å². The highest BCUT2D eigenvalue weighted by molar-refractivity contribution is 5.78. The summed E-state index contributed by atoms with van der Waals surface area (Å²) in [4.78, 5) is 11.4. The van der Waals surface area contributed by atoms with Crippen LogP contribution in [0.1, 0.15) is 25.5 Å². The van der Waals surface area contributed by atoms with Crippen LogP contribution in [0, 0.1) is 5.92 Å². The zero-order valence-electron chi connectivity index (χ0n) is 8.98. The molecule has 1 aromatic heterocycles. The van der Waals surface area contributed by atoms with Crippen LogP contribution < -0.4 is 5.32 Å². The lowest BCUT2D eigenvalue weighted by atomic mass is 9.93. The molecule has 1 N–H and O–H groups in total. The Morgan fingerprint density at radius 3 is 2.64 bits per heavy atom. The maximum Gasteiger partial charge on any atom is 0.223 e. The number of rotatable bonds is 3. The van der Waals surface area contributed by atoms with Gasteiger partial charge in [0.2, 0.25) is 5.91 Å². The van der Waals surface area contributed by atoms with Crippen molar-refractivity contribution in [3.63, 3.8) is 0 Å². The van der Waals surface area contributed by atoms with Crippen LogP contribution in [0.2, 0.25) is 0 Å². The minimum absolute atomic E-state index is 0.0307. The molecule has 2 unspecified atom stereocenters. The minimum Gasteiger partial charge on any atom is -0.359 e. The van der Waals surface area contributed by atoms with E-state index in [-0.39, 0.29) is 17.7 Å². The van der Waals surface area contributed by atoms with Crippen molar-refractivity contribution in [2.24, 2.45) is 13.0 Å². The van der Waals surface area contributed by atoms with Gasteiger partial charge < -0.3 is 5.32 Å². The van der Waals surface area contributed by atoms with Gasteiger partial charge >= 0.3 is 0 Å². The molecule has 5 nitrogen and oxygen atoms in total. The maximum atomic E-state index is 11.4. The highest BCUT2D eigenvalue weighted by atomic mass is 16.1. The van der Waals surface area contributed by atoms with Crippen molar-refractivity contribution < 1.29 is 4.79 Å². The molecule has 0 bridgehead atoms. The Labute approximate surface area is 83.5 Å². The molecule has 0 radical (unpaired) electrons. The normalized spacial score (nSPS) is 14.9. The number of amides is 1. The van der Waals surface area contributed by atoms with Crippen molar-refractivity contribution in [2.45, 2.75) is 19.8 Å². The quantitative estimate of drug-likeness (QED) is 0.756. The van der Waals surface area contributed by atoms with Crippen LogP contribution in [0.15, 0.2) is 6.20 Å². The van der Waals surface area contributed by atoms with Gasteiger partial charge in [-0.3, -0.25) is 9.48 Å². The molecule has 1 heterocycles. The molecule has 0 aliphatic carbocycles. The molecule has 78 valence electrons. The summed E-state index contributed by atoms with van der Waals surface area (Å²) in [6, 6.07) is 0. The molecule has 0 aliphatic heterocycles. The lowest BCUT2D eigenvalue weighted by Crippen LogP contribution is -2.28. The lowest BCUT2D eigenvalue weighted by Gasteiger charge is -2.15. The first-order valence-corrected chi connectivity index (χ1v) is 4.64. The molecule has 5 heteroatoms. The van der Waals surface area contributed by atoms with Crippen LogP contribution in [-0.2, 0) is 11.8 Å². The van der Waals surface area contributed by atoms with Gasteiger partial charge in [0, 0.05) is 32.1 Å². The fraction of sp³-hybridized carbons (Fsp3) is 0.667. The minimum atomic E-state index is -0.0864. The molecule has 1 amide bonds. The number of aryl methyl sites for hydroxylation is 1. The van der Waals surface area contributed by atoms with Crippen molar-refractivity contribution >= 4 is 5.91 Å². The summed E-state index contributed by atoms with van der Waals surface area (Å²) in [5.41, 5.74) is 0.851. The zero-order chi connectivity index (χ0) is 10.7. The first-order chi connectivity index (χ1) is 6.56. The van der Waals surface area contributed by atoms with E-state index in [0.29, 0.717) is 0 Å². The van der Waals surface area contributed by atoms with E-state index in [1.807, 2.05) is 27.1 Å². The number of carbonyl (C=O) groups excluding carboxylic acids is 1. The van der Waals surface area contributed by atoms with Crippen LogP contribution in [-0.4, -0.2) is 27.9 Å². The zero-order valence-corrected chi connectivity index (χ0v) is 8.98. The first-order valence-electron chi connectivity index (χ1n) is 4.64. The van der Waals surface area contributed by atoms with Crippen LogP contribution in [0.25, 0.3) is 0 Å². The lowest BCUT2D eigenvalue weighted by molar-refractivity contribution is -0.124. The summed E-state index contributed by atoms with van der Waals surface area (Å²) >= 11 is 0.